The van der Waals surface area contributed by atoms with E-state index >= 15 is 0 Å². The van der Waals surface area contributed by atoms with Crippen molar-refractivity contribution >= 4 is 46.4 Å². The average molecular weight is 980 g/mol. The van der Waals surface area contributed by atoms with Gasteiger partial charge in [0.05, 0.1) is 65.9 Å². The molecule has 0 amide bonds. The summed E-state index contributed by atoms with van der Waals surface area (Å²) in [6, 6.07) is 16.4. The summed E-state index contributed by atoms with van der Waals surface area (Å²) in [5.41, 5.74) is 7.86. The molecule has 14 heteroatoms. The van der Waals surface area contributed by atoms with Crippen LogP contribution in [0.25, 0.3) is 46.4 Å². The minimum Gasteiger partial charge on any atom is -0.355 e. The van der Waals surface area contributed by atoms with Crippen LogP contribution >= 0.6 is 0 Å². The maximum absolute atomic E-state index is 4.62. The van der Waals surface area contributed by atoms with E-state index in [1.807, 2.05) is 42.5 Å². The fourth-order valence-electron chi connectivity index (χ4n) is 14.7. The number of hydrogen-bond donors (Lipinski definition) is 10. The molecule has 3 aromatic heterocycles. The second kappa shape index (κ2) is 19.6. The minimum absolute atomic E-state index is 0. The van der Waals surface area contributed by atoms with Gasteiger partial charge >= 0.3 is 0 Å². The van der Waals surface area contributed by atoms with E-state index in [1.165, 1.54) is 96.3 Å². The Balaban J connectivity index is 0.000000159. The molecule has 10 N–H and O–H groups in total. The molecule has 11 aliphatic rings. The first-order valence-electron chi connectivity index (χ1n) is 25.6. The maximum atomic E-state index is 4.62. The Labute approximate surface area is 410 Å². The quantitative estimate of drug-likeness (QED) is 0.0730. The van der Waals surface area contributed by atoms with Gasteiger partial charge in [0.2, 0.25) is 0 Å². The summed E-state index contributed by atoms with van der Waals surface area (Å²) in [5.74, 6) is 5.74. The number of aromatic amines is 2. The van der Waals surface area contributed by atoms with Gasteiger partial charge in [0.15, 0.2) is 0 Å². The fourth-order valence-corrected chi connectivity index (χ4v) is 14.7. The second-order valence-electron chi connectivity index (χ2n) is 21.3. The van der Waals surface area contributed by atoms with E-state index in [1.54, 1.807) is 0 Å². The van der Waals surface area contributed by atoms with E-state index < -0.39 is 0 Å². The first kappa shape index (κ1) is 45.7. The van der Waals surface area contributed by atoms with Crippen molar-refractivity contribution in [2.45, 2.75) is 146 Å². The zero-order valence-corrected chi connectivity index (χ0v) is 40.0. The molecule has 3 aromatic rings. The number of H-pyrrole nitrogens is 2. The molecular formula is C52H69Co2N12-. The first-order chi connectivity index (χ1) is 31.6. The molecule has 16 bridgehead atoms. The van der Waals surface area contributed by atoms with Crippen molar-refractivity contribution in [1.29, 1.82) is 0 Å². The van der Waals surface area contributed by atoms with E-state index in [9.17, 15) is 0 Å². The van der Waals surface area contributed by atoms with Crippen molar-refractivity contribution in [3.8, 4) is 0 Å². The Morgan fingerprint density at radius 3 is 1.03 bits per heavy atom. The molecule has 2 radical (unpaired) electrons. The largest absolute Gasteiger partial charge is 0.355 e. The van der Waals surface area contributed by atoms with Crippen LogP contribution in [0.15, 0.2) is 48.5 Å². The van der Waals surface area contributed by atoms with Crippen molar-refractivity contribution in [3.63, 3.8) is 0 Å². The van der Waals surface area contributed by atoms with Gasteiger partial charge in [-0.1, -0.05) is 51.4 Å². The van der Waals surface area contributed by atoms with Crippen molar-refractivity contribution in [2.24, 2.45) is 47.3 Å². The average Bonchev–Trinajstić information content (AvgIpc) is 4.21. The summed E-state index contributed by atoms with van der Waals surface area (Å²) in [7, 11) is 0. The van der Waals surface area contributed by atoms with Gasteiger partial charge in [0, 0.05) is 61.8 Å². The smallest absolute Gasteiger partial charge is 0.0659 e. The van der Waals surface area contributed by atoms with Crippen LogP contribution in [-0.2, 0) is 33.6 Å². The molecule has 0 spiro atoms. The zero-order valence-electron chi connectivity index (χ0n) is 37.9. The fraction of sp³-hybridized carbons (Fsp3) is 0.596. The molecule has 16 atom stereocenters. The third kappa shape index (κ3) is 9.01. The van der Waals surface area contributed by atoms with E-state index in [0.29, 0.717) is 61.2 Å². The van der Waals surface area contributed by atoms with Gasteiger partial charge in [0.1, 0.15) is 0 Å². The number of aromatic nitrogens is 4. The van der Waals surface area contributed by atoms with Gasteiger partial charge in [0.25, 0.3) is 0 Å². The maximum Gasteiger partial charge on any atom is 0.0659 e. The van der Waals surface area contributed by atoms with E-state index in [-0.39, 0.29) is 33.6 Å². The third-order valence-electron chi connectivity index (χ3n) is 17.6. The Morgan fingerprint density at radius 2 is 0.652 bits per heavy atom. The second-order valence-corrected chi connectivity index (χ2v) is 21.3. The third-order valence-corrected chi connectivity index (χ3v) is 17.6. The Kier molecular flexibility index (Phi) is 13.6. The Hall–Kier alpha value is -2.71. The van der Waals surface area contributed by atoms with Crippen LogP contribution in [0, 0.1) is 53.8 Å². The summed E-state index contributed by atoms with van der Waals surface area (Å²) < 4.78 is 0. The summed E-state index contributed by atoms with van der Waals surface area (Å²) in [4.78, 5) is 16.0. The zero-order chi connectivity index (χ0) is 42.1. The summed E-state index contributed by atoms with van der Waals surface area (Å²) in [5, 5.41) is 33.7. The number of hydrogen-bond acceptors (Lipinski definition) is 10. The van der Waals surface area contributed by atoms with Crippen LogP contribution in [0.5, 0.6) is 0 Å². The SMILES string of the molecule is C1=Cc2cc3ccc(cc4ccc(cc5nc(cc1n2)C=C5)[nH]4)[nH]3.[CH-]1CCCC2C3NC(NC4NC(NC5NC(NC6NC(N3)C3CCCCC63)C3CCCCC53)C3CCCCC43)C12.[Co].[Co]. The standard InChI is InChI=1S/C32H55N8.C20H14N4.2Co/c1-2-10-18-17(9-1)25-33-26(18)38-28-21-13-5-6-14-22(21)30(35-28)40-32-24-16-8-7-15-23(24)31(36-32)39-29-20-12-4-3-11-19(20)27(34-29)37-25;1-2-14-10-16-5-6-18(23-16)12-20-8-7-19(24-20)11-17-4-3-15(22-17)9-13(1)21-14;;/h9,17-40H,1-8,10-16H2;1-12,21-22H;;/q-1;;;. The summed E-state index contributed by atoms with van der Waals surface area (Å²) >= 11 is 0. The number of rotatable bonds is 0. The summed E-state index contributed by atoms with van der Waals surface area (Å²) in [6.07, 6.45) is 34.5. The summed E-state index contributed by atoms with van der Waals surface area (Å²) in [6.45, 7) is 0. The minimum atomic E-state index is 0. The molecule has 12 nitrogen and oxygen atoms in total. The number of nitrogens with zero attached hydrogens (tertiary/aromatic N) is 2. The van der Waals surface area contributed by atoms with E-state index in [0.717, 1.165) is 80.3 Å². The predicted molar refractivity (Wildman–Crippen MR) is 256 cm³/mol. The van der Waals surface area contributed by atoms with Gasteiger partial charge in [-0.15, -0.1) is 5.92 Å². The van der Waals surface area contributed by atoms with Gasteiger partial charge in [-0.05, 0) is 153 Å². The molecule has 0 aromatic carbocycles. The molecule has 66 heavy (non-hydrogen) atoms. The van der Waals surface area contributed by atoms with E-state index in [2.05, 4.69) is 99.2 Å². The van der Waals surface area contributed by atoms with Crippen LogP contribution in [0.4, 0.5) is 0 Å². The molecule has 9 fully saturated rings. The molecule has 16 unspecified atom stereocenters. The van der Waals surface area contributed by atoms with E-state index in [4.69, 9.17) is 0 Å². The van der Waals surface area contributed by atoms with Gasteiger partial charge in [-0.25, -0.2) is 9.97 Å². The van der Waals surface area contributed by atoms with Crippen LogP contribution in [0.2, 0.25) is 0 Å². The molecular weight excluding hydrogens is 911 g/mol. The van der Waals surface area contributed by atoms with Gasteiger partial charge in [-0.2, -0.15) is 6.42 Å². The molecule has 4 aliphatic carbocycles. The van der Waals surface area contributed by atoms with Gasteiger partial charge < -0.3 is 16.4 Å². The Morgan fingerprint density at radius 1 is 0.348 bits per heavy atom. The van der Waals surface area contributed by atoms with Crippen LogP contribution in [-0.4, -0.2) is 69.3 Å². The van der Waals surface area contributed by atoms with Crippen LogP contribution in [0.3, 0.4) is 0 Å². The molecule has 14 rings (SSSR count). The monoisotopic (exact) mass is 979 g/mol. The molecule has 4 saturated carbocycles. The molecule has 5 saturated heterocycles. The molecule has 356 valence electrons. The van der Waals surface area contributed by atoms with Crippen molar-refractivity contribution in [2.75, 3.05) is 0 Å². The topological polar surface area (TPSA) is 154 Å². The number of nitrogens with one attached hydrogen (secondary N) is 10. The molecule has 10 heterocycles. The van der Waals surface area contributed by atoms with Gasteiger partial charge in [-0.3, -0.25) is 42.5 Å². The number of fused-ring (bicyclic) bond motifs is 28. The van der Waals surface area contributed by atoms with Crippen molar-refractivity contribution in [1.82, 2.24) is 62.5 Å². The normalized spacial score (nSPS) is 39.5. The first-order valence-corrected chi connectivity index (χ1v) is 25.6. The van der Waals surface area contributed by atoms with Crippen LogP contribution in [0.1, 0.15) is 119 Å². The van der Waals surface area contributed by atoms with Crippen molar-refractivity contribution < 1.29 is 33.6 Å². The molecule has 7 aliphatic heterocycles. The van der Waals surface area contributed by atoms with Crippen LogP contribution < -0.4 is 42.5 Å². The predicted octanol–water partition coefficient (Wildman–Crippen LogP) is 7.07. The van der Waals surface area contributed by atoms with Crippen molar-refractivity contribution in [3.05, 3.63) is 77.7 Å². The Bertz CT molecular complexity index is 2120.